The van der Waals surface area contributed by atoms with Gasteiger partial charge >= 0.3 is 0 Å². The maximum absolute atomic E-state index is 6.16. The molecule has 1 fully saturated rings. The van der Waals surface area contributed by atoms with Gasteiger partial charge in [-0.15, -0.1) is 0 Å². The number of likely N-dealkylation sites (tertiary alicyclic amines) is 1. The molecule has 0 saturated carbocycles. The summed E-state index contributed by atoms with van der Waals surface area (Å²) in [6.07, 6.45) is 3.24. The average Bonchev–Trinajstić information content (AvgIpc) is 2.77. The van der Waals surface area contributed by atoms with Crippen molar-refractivity contribution in [3.05, 3.63) is 65.2 Å². The number of hydrogen-bond acceptors (Lipinski definition) is 3. The van der Waals surface area contributed by atoms with E-state index in [-0.39, 0.29) is 5.41 Å². The molecule has 1 aliphatic rings. The first-order valence-electron chi connectivity index (χ1n) is 11.0. The van der Waals surface area contributed by atoms with Crippen LogP contribution in [0.15, 0.2) is 48.5 Å². The van der Waals surface area contributed by atoms with Crippen molar-refractivity contribution >= 4 is 0 Å². The van der Waals surface area contributed by atoms with E-state index in [0.717, 1.165) is 38.2 Å². The smallest absolute Gasteiger partial charge is 0.119 e. The number of benzene rings is 2. The number of methoxy groups -OCH3 is 1. The van der Waals surface area contributed by atoms with Crippen molar-refractivity contribution in [3.8, 4) is 5.75 Å². The zero-order chi connectivity index (χ0) is 20.9. The van der Waals surface area contributed by atoms with E-state index in [1.807, 2.05) is 0 Å². The van der Waals surface area contributed by atoms with Crippen LogP contribution in [-0.4, -0.2) is 38.3 Å². The Hall–Kier alpha value is -1.84. The normalized spacial score (nSPS) is 25.1. The molecule has 3 atom stereocenters. The second-order valence-electron chi connectivity index (χ2n) is 8.58. The number of hydrogen-bond donors (Lipinski definition) is 0. The van der Waals surface area contributed by atoms with Crippen LogP contribution in [0.25, 0.3) is 0 Å². The van der Waals surface area contributed by atoms with Crippen molar-refractivity contribution in [2.75, 3.05) is 27.3 Å². The SMILES string of the molecule is CCc1ccc(OC)cc1C1(CCOCc2ccccc2)CCN(C)C(C)[C@@H]1C. The van der Waals surface area contributed by atoms with Crippen LogP contribution < -0.4 is 4.74 Å². The molecule has 0 aliphatic carbocycles. The van der Waals surface area contributed by atoms with Gasteiger partial charge in [-0.1, -0.05) is 50.2 Å². The van der Waals surface area contributed by atoms with Crippen LogP contribution in [-0.2, 0) is 23.2 Å². The third-order valence-corrected chi connectivity index (χ3v) is 7.24. The first-order valence-corrected chi connectivity index (χ1v) is 11.0. The van der Waals surface area contributed by atoms with Gasteiger partial charge in [0.25, 0.3) is 0 Å². The molecule has 0 N–H and O–H groups in total. The van der Waals surface area contributed by atoms with Crippen molar-refractivity contribution in [1.29, 1.82) is 0 Å². The largest absolute Gasteiger partial charge is 0.497 e. The van der Waals surface area contributed by atoms with Crippen molar-refractivity contribution in [1.82, 2.24) is 4.90 Å². The molecule has 1 heterocycles. The summed E-state index contributed by atoms with van der Waals surface area (Å²) in [6.45, 7) is 9.62. The Bertz CT molecular complexity index is 776. The molecule has 2 aromatic carbocycles. The van der Waals surface area contributed by atoms with Gasteiger partial charge in [-0.05, 0) is 74.5 Å². The fourth-order valence-corrected chi connectivity index (χ4v) is 4.99. The summed E-state index contributed by atoms with van der Waals surface area (Å²) < 4.78 is 11.8. The minimum absolute atomic E-state index is 0.114. The number of piperidine rings is 1. The van der Waals surface area contributed by atoms with Crippen molar-refractivity contribution in [3.63, 3.8) is 0 Å². The molecule has 0 spiro atoms. The summed E-state index contributed by atoms with van der Waals surface area (Å²) in [5.74, 6) is 1.50. The molecule has 3 nitrogen and oxygen atoms in total. The number of aryl methyl sites for hydroxylation is 1. The van der Waals surface area contributed by atoms with Crippen LogP contribution in [0.3, 0.4) is 0 Å². The summed E-state index contributed by atoms with van der Waals surface area (Å²) in [4.78, 5) is 2.50. The maximum atomic E-state index is 6.16. The topological polar surface area (TPSA) is 21.7 Å². The van der Waals surface area contributed by atoms with Crippen LogP contribution in [0.5, 0.6) is 5.75 Å². The van der Waals surface area contributed by atoms with Crippen LogP contribution in [0.2, 0.25) is 0 Å². The van der Waals surface area contributed by atoms with Gasteiger partial charge in [0.1, 0.15) is 5.75 Å². The molecule has 2 unspecified atom stereocenters. The lowest BCUT2D eigenvalue weighted by Crippen LogP contribution is -2.53. The van der Waals surface area contributed by atoms with Gasteiger partial charge in [0.15, 0.2) is 0 Å². The number of nitrogens with zero attached hydrogens (tertiary/aromatic N) is 1. The summed E-state index contributed by atoms with van der Waals surface area (Å²) in [6, 6.07) is 17.7. The third kappa shape index (κ3) is 4.67. The molecule has 0 radical (unpaired) electrons. The summed E-state index contributed by atoms with van der Waals surface area (Å²) in [5, 5.41) is 0. The zero-order valence-electron chi connectivity index (χ0n) is 18.8. The molecule has 3 heteroatoms. The van der Waals surface area contributed by atoms with E-state index in [0.29, 0.717) is 18.6 Å². The van der Waals surface area contributed by atoms with E-state index in [2.05, 4.69) is 81.2 Å². The maximum Gasteiger partial charge on any atom is 0.119 e. The molecular weight excluding hydrogens is 358 g/mol. The molecule has 29 heavy (non-hydrogen) atoms. The Morgan fingerprint density at radius 1 is 1.10 bits per heavy atom. The zero-order valence-corrected chi connectivity index (χ0v) is 18.8. The molecule has 158 valence electrons. The number of rotatable bonds is 8. The van der Waals surface area contributed by atoms with Gasteiger partial charge in [-0.2, -0.15) is 0 Å². The Morgan fingerprint density at radius 3 is 2.55 bits per heavy atom. The fourth-order valence-electron chi connectivity index (χ4n) is 4.99. The Kier molecular flexibility index (Phi) is 7.37. The van der Waals surface area contributed by atoms with Crippen molar-refractivity contribution in [2.24, 2.45) is 5.92 Å². The molecule has 0 amide bonds. The molecule has 0 aromatic heterocycles. The molecule has 0 bridgehead atoms. The van der Waals surface area contributed by atoms with Gasteiger partial charge in [-0.25, -0.2) is 0 Å². The minimum Gasteiger partial charge on any atom is -0.497 e. The molecular formula is C26H37NO2. The van der Waals surface area contributed by atoms with Gasteiger partial charge in [0, 0.05) is 18.1 Å². The lowest BCUT2D eigenvalue weighted by molar-refractivity contribution is 0.0279. The second kappa shape index (κ2) is 9.77. The molecule has 1 saturated heterocycles. The summed E-state index contributed by atoms with van der Waals surface area (Å²) in [5.41, 5.74) is 4.26. The van der Waals surface area contributed by atoms with Gasteiger partial charge in [0.2, 0.25) is 0 Å². The minimum atomic E-state index is 0.114. The van der Waals surface area contributed by atoms with E-state index in [9.17, 15) is 0 Å². The molecule has 3 rings (SSSR count). The Morgan fingerprint density at radius 2 is 1.86 bits per heavy atom. The second-order valence-corrected chi connectivity index (χ2v) is 8.58. The fraction of sp³-hybridized carbons (Fsp3) is 0.538. The summed E-state index contributed by atoms with van der Waals surface area (Å²) >= 11 is 0. The van der Waals surface area contributed by atoms with Crippen LogP contribution in [0.4, 0.5) is 0 Å². The predicted octanol–water partition coefficient (Wildman–Crippen LogP) is 5.46. The quantitative estimate of drug-likeness (QED) is 0.554. The van der Waals surface area contributed by atoms with Gasteiger partial charge in [0.05, 0.1) is 13.7 Å². The van der Waals surface area contributed by atoms with Crippen LogP contribution >= 0.6 is 0 Å². The highest BCUT2D eigenvalue weighted by Crippen LogP contribution is 2.47. The standard InChI is InChI=1S/C26H37NO2/c1-6-23-12-13-24(28-5)18-25(23)26(14-16-27(4)21(3)20(26)2)15-17-29-19-22-10-8-7-9-11-22/h7-13,18,20-21H,6,14-17,19H2,1-5H3/t20-,21?,26?/m0/s1. The monoisotopic (exact) mass is 395 g/mol. The van der Waals surface area contributed by atoms with Gasteiger partial charge < -0.3 is 14.4 Å². The first kappa shape index (κ1) is 21.9. The molecule has 1 aliphatic heterocycles. The summed E-state index contributed by atoms with van der Waals surface area (Å²) in [7, 11) is 4.02. The highest BCUT2D eigenvalue weighted by molar-refractivity contribution is 5.42. The third-order valence-electron chi connectivity index (χ3n) is 7.24. The highest BCUT2D eigenvalue weighted by atomic mass is 16.5. The average molecular weight is 396 g/mol. The Labute approximate surface area is 177 Å². The first-order chi connectivity index (χ1) is 14.0. The number of ether oxygens (including phenoxy) is 2. The highest BCUT2D eigenvalue weighted by Gasteiger charge is 2.45. The molecule has 2 aromatic rings. The van der Waals surface area contributed by atoms with Gasteiger partial charge in [-0.3, -0.25) is 0 Å². The Balaban J connectivity index is 1.87. The lowest BCUT2D eigenvalue weighted by atomic mass is 9.61. The van der Waals surface area contributed by atoms with E-state index in [1.54, 1.807) is 7.11 Å². The van der Waals surface area contributed by atoms with E-state index in [1.165, 1.54) is 16.7 Å². The van der Waals surface area contributed by atoms with Crippen molar-refractivity contribution < 1.29 is 9.47 Å². The lowest BCUT2D eigenvalue weighted by Gasteiger charge is -2.51. The van der Waals surface area contributed by atoms with Crippen molar-refractivity contribution in [2.45, 2.75) is 58.1 Å². The van der Waals surface area contributed by atoms with Crippen LogP contribution in [0.1, 0.15) is 50.3 Å². The van der Waals surface area contributed by atoms with E-state index in [4.69, 9.17) is 9.47 Å². The predicted molar refractivity (Wildman–Crippen MR) is 121 cm³/mol. The van der Waals surface area contributed by atoms with Crippen LogP contribution in [0, 0.1) is 5.92 Å². The van der Waals surface area contributed by atoms with E-state index < -0.39 is 0 Å². The van der Waals surface area contributed by atoms with E-state index >= 15 is 0 Å².